The first-order valence-electron chi connectivity index (χ1n) is 5.29. The quantitative estimate of drug-likeness (QED) is 0.811. The van der Waals surface area contributed by atoms with Crippen molar-refractivity contribution >= 4 is 11.6 Å². The molecule has 2 N–H and O–H groups in total. The summed E-state index contributed by atoms with van der Waals surface area (Å²) in [6, 6.07) is 7.88. The Hall–Kier alpha value is -0.570. The second-order valence-corrected chi connectivity index (χ2v) is 3.96. The van der Waals surface area contributed by atoms with Crippen molar-refractivity contribution in [3.05, 3.63) is 34.9 Å². The molecule has 1 aromatic rings. The van der Waals surface area contributed by atoms with Crippen molar-refractivity contribution < 1.29 is 4.74 Å². The molecule has 0 radical (unpaired) electrons. The fourth-order valence-corrected chi connectivity index (χ4v) is 1.68. The van der Waals surface area contributed by atoms with E-state index in [0.717, 1.165) is 23.6 Å². The lowest BCUT2D eigenvalue weighted by Crippen LogP contribution is -2.22. The van der Waals surface area contributed by atoms with Gasteiger partial charge in [-0.25, -0.2) is 0 Å². The third kappa shape index (κ3) is 4.20. The highest BCUT2D eigenvalue weighted by Gasteiger charge is 2.09. The molecule has 1 atom stereocenters. The largest absolute Gasteiger partial charge is 0.381 e. The van der Waals surface area contributed by atoms with E-state index in [0.29, 0.717) is 19.1 Å². The zero-order valence-corrected chi connectivity index (χ0v) is 9.83. The van der Waals surface area contributed by atoms with Crippen LogP contribution in [0, 0.1) is 5.92 Å². The van der Waals surface area contributed by atoms with Crippen molar-refractivity contribution in [2.75, 3.05) is 19.8 Å². The smallest absolute Gasteiger partial charge is 0.0509 e. The van der Waals surface area contributed by atoms with Gasteiger partial charge < -0.3 is 10.5 Å². The Morgan fingerprint density at radius 3 is 2.73 bits per heavy atom. The maximum absolute atomic E-state index is 6.08. The topological polar surface area (TPSA) is 35.2 Å². The molecule has 0 aliphatic rings. The van der Waals surface area contributed by atoms with Crippen LogP contribution in [-0.2, 0) is 11.2 Å². The number of rotatable bonds is 6. The van der Waals surface area contributed by atoms with Crippen LogP contribution in [0.1, 0.15) is 12.5 Å². The average Bonchev–Trinajstić information content (AvgIpc) is 2.26. The molecule has 3 heteroatoms. The minimum absolute atomic E-state index is 0.352. The number of benzene rings is 1. The Morgan fingerprint density at radius 2 is 2.13 bits per heavy atom. The Kier molecular flexibility index (Phi) is 5.69. The molecular formula is C12H18ClNO. The third-order valence-electron chi connectivity index (χ3n) is 2.36. The number of hydrogen-bond acceptors (Lipinski definition) is 2. The van der Waals surface area contributed by atoms with Crippen LogP contribution >= 0.6 is 11.6 Å². The van der Waals surface area contributed by atoms with Crippen LogP contribution in [0.5, 0.6) is 0 Å². The molecule has 0 saturated heterocycles. The molecule has 0 amide bonds. The van der Waals surface area contributed by atoms with Crippen LogP contribution in [0.3, 0.4) is 0 Å². The van der Waals surface area contributed by atoms with Gasteiger partial charge in [0.05, 0.1) is 6.61 Å². The van der Waals surface area contributed by atoms with Crippen molar-refractivity contribution in [3.8, 4) is 0 Å². The molecule has 0 heterocycles. The lowest BCUT2D eigenvalue weighted by Gasteiger charge is -2.15. The predicted octanol–water partition coefficient (Wildman–Crippen LogP) is 2.49. The summed E-state index contributed by atoms with van der Waals surface area (Å²) in [6.07, 6.45) is 0.885. The molecular weight excluding hydrogens is 210 g/mol. The summed E-state index contributed by atoms with van der Waals surface area (Å²) < 4.78 is 5.38. The summed E-state index contributed by atoms with van der Waals surface area (Å²) in [5.74, 6) is 0.352. The number of halogens is 1. The molecule has 1 rings (SSSR count). The van der Waals surface area contributed by atoms with Gasteiger partial charge in [0, 0.05) is 11.6 Å². The van der Waals surface area contributed by atoms with E-state index in [2.05, 4.69) is 0 Å². The fourth-order valence-electron chi connectivity index (χ4n) is 1.47. The molecule has 0 fully saturated rings. The molecule has 0 spiro atoms. The third-order valence-corrected chi connectivity index (χ3v) is 2.73. The molecule has 84 valence electrons. The molecule has 0 aliphatic heterocycles. The van der Waals surface area contributed by atoms with Crippen LogP contribution in [-0.4, -0.2) is 19.8 Å². The maximum atomic E-state index is 6.08. The highest BCUT2D eigenvalue weighted by atomic mass is 35.5. The molecule has 1 unspecified atom stereocenters. The van der Waals surface area contributed by atoms with Gasteiger partial charge in [0.1, 0.15) is 0 Å². The Balaban J connectivity index is 2.54. The lowest BCUT2D eigenvalue weighted by molar-refractivity contribution is 0.113. The zero-order chi connectivity index (χ0) is 11.1. The molecule has 0 aliphatic carbocycles. The minimum Gasteiger partial charge on any atom is -0.381 e. The van der Waals surface area contributed by atoms with E-state index in [9.17, 15) is 0 Å². The number of nitrogens with two attached hydrogens (primary N) is 1. The van der Waals surface area contributed by atoms with Gasteiger partial charge in [-0.2, -0.15) is 0 Å². The Labute approximate surface area is 96.4 Å². The molecule has 1 aromatic carbocycles. The standard InChI is InChI=1S/C12H18ClNO/c1-2-15-9-10(8-14)7-11-5-3-4-6-12(11)13/h3-6,10H,2,7-9,14H2,1H3. The van der Waals surface area contributed by atoms with E-state index in [-0.39, 0.29) is 0 Å². The van der Waals surface area contributed by atoms with E-state index in [1.807, 2.05) is 31.2 Å². The second-order valence-electron chi connectivity index (χ2n) is 3.56. The van der Waals surface area contributed by atoms with Gasteiger partial charge in [0.25, 0.3) is 0 Å². The number of hydrogen-bond donors (Lipinski definition) is 1. The molecule has 2 nitrogen and oxygen atoms in total. The Bertz CT molecular complexity index is 291. The predicted molar refractivity (Wildman–Crippen MR) is 64.2 cm³/mol. The maximum Gasteiger partial charge on any atom is 0.0509 e. The first kappa shape index (κ1) is 12.5. The summed E-state index contributed by atoms with van der Waals surface area (Å²) in [5.41, 5.74) is 6.84. The highest BCUT2D eigenvalue weighted by Crippen LogP contribution is 2.18. The molecule has 0 saturated carbocycles. The van der Waals surface area contributed by atoms with Crippen LogP contribution in [0.15, 0.2) is 24.3 Å². The first-order chi connectivity index (χ1) is 7.27. The van der Waals surface area contributed by atoms with Crippen molar-refractivity contribution in [1.82, 2.24) is 0 Å². The summed E-state index contributed by atoms with van der Waals surface area (Å²) in [5, 5.41) is 0.812. The van der Waals surface area contributed by atoms with Crippen molar-refractivity contribution in [1.29, 1.82) is 0 Å². The van der Waals surface area contributed by atoms with Crippen LogP contribution in [0.25, 0.3) is 0 Å². The highest BCUT2D eigenvalue weighted by molar-refractivity contribution is 6.31. The Morgan fingerprint density at radius 1 is 1.40 bits per heavy atom. The van der Waals surface area contributed by atoms with Crippen LogP contribution in [0.2, 0.25) is 5.02 Å². The molecule has 0 bridgehead atoms. The van der Waals surface area contributed by atoms with Gasteiger partial charge in [-0.05, 0) is 37.4 Å². The van der Waals surface area contributed by atoms with E-state index < -0.39 is 0 Å². The van der Waals surface area contributed by atoms with Gasteiger partial charge in [0.15, 0.2) is 0 Å². The second kappa shape index (κ2) is 6.83. The summed E-state index contributed by atoms with van der Waals surface area (Å²) >= 11 is 6.08. The minimum atomic E-state index is 0.352. The van der Waals surface area contributed by atoms with Gasteiger partial charge in [-0.3, -0.25) is 0 Å². The fraction of sp³-hybridized carbons (Fsp3) is 0.500. The van der Waals surface area contributed by atoms with Gasteiger partial charge in [-0.15, -0.1) is 0 Å². The van der Waals surface area contributed by atoms with E-state index in [1.54, 1.807) is 0 Å². The molecule has 15 heavy (non-hydrogen) atoms. The van der Waals surface area contributed by atoms with Gasteiger partial charge >= 0.3 is 0 Å². The summed E-state index contributed by atoms with van der Waals surface area (Å²) in [7, 11) is 0. The van der Waals surface area contributed by atoms with Gasteiger partial charge in [-0.1, -0.05) is 29.8 Å². The average molecular weight is 228 g/mol. The van der Waals surface area contributed by atoms with Crippen molar-refractivity contribution in [2.24, 2.45) is 11.7 Å². The number of ether oxygens (including phenoxy) is 1. The van der Waals surface area contributed by atoms with E-state index in [1.165, 1.54) is 0 Å². The van der Waals surface area contributed by atoms with Gasteiger partial charge in [0.2, 0.25) is 0 Å². The van der Waals surface area contributed by atoms with Crippen LogP contribution < -0.4 is 5.73 Å². The molecule has 0 aromatic heterocycles. The normalized spacial score (nSPS) is 12.7. The SMILES string of the molecule is CCOCC(CN)Cc1ccccc1Cl. The summed E-state index contributed by atoms with van der Waals surface area (Å²) in [4.78, 5) is 0. The van der Waals surface area contributed by atoms with Crippen molar-refractivity contribution in [3.63, 3.8) is 0 Å². The zero-order valence-electron chi connectivity index (χ0n) is 9.08. The monoisotopic (exact) mass is 227 g/mol. The van der Waals surface area contributed by atoms with Crippen molar-refractivity contribution in [2.45, 2.75) is 13.3 Å². The lowest BCUT2D eigenvalue weighted by atomic mass is 10.0. The first-order valence-corrected chi connectivity index (χ1v) is 5.67. The summed E-state index contributed by atoms with van der Waals surface area (Å²) in [6.45, 7) is 4.06. The van der Waals surface area contributed by atoms with Crippen LogP contribution in [0.4, 0.5) is 0 Å². The van der Waals surface area contributed by atoms with E-state index >= 15 is 0 Å². The van der Waals surface area contributed by atoms with E-state index in [4.69, 9.17) is 22.1 Å².